The van der Waals surface area contributed by atoms with Crippen LogP contribution in [0, 0.1) is 18.3 Å². The third-order valence-corrected chi connectivity index (χ3v) is 3.95. The molecule has 0 aliphatic carbocycles. The molecule has 4 rings (SSSR count). The average Bonchev–Trinajstić information content (AvgIpc) is 3.14. The van der Waals surface area contributed by atoms with E-state index in [1.807, 2.05) is 16.7 Å². The van der Waals surface area contributed by atoms with Gasteiger partial charge in [-0.15, -0.1) is 0 Å². The number of hydrogen-bond acceptors (Lipinski definition) is 4. The predicted molar refractivity (Wildman–Crippen MR) is 87.3 cm³/mol. The number of rotatable bonds is 2. The van der Waals surface area contributed by atoms with Crippen LogP contribution in [0.25, 0.3) is 27.7 Å². The average molecular weight is 317 g/mol. The smallest absolute Gasteiger partial charge is 0.335 e. The Morgan fingerprint density at radius 1 is 1.25 bits per heavy atom. The molecule has 0 aliphatic heterocycles. The Labute approximate surface area is 136 Å². The number of nitriles is 1. The Balaban J connectivity index is 2.01. The van der Waals surface area contributed by atoms with E-state index in [0.29, 0.717) is 22.6 Å². The number of oxazole rings is 1. The molecule has 2 aromatic carbocycles. The van der Waals surface area contributed by atoms with Crippen molar-refractivity contribution in [3.05, 3.63) is 59.6 Å². The number of aromatic nitrogens is 2. The summed E-state index contributed by atoms with van der Waals surface area (Å²) in [4.78, 5) is 15.4. The van der Waals surface area contributed by atoms with Crippen LogP contribution >= 0.6 is 0 Å². The normalized spacial score (nSPS) is 11.0. The van der Waals surface area contributed by atoms with Crippen LogP contribution in [0.15, 0.2) is 47.0 Å². The number of aryl methyl sites for hydroxylation is 1. The Kier molecular flexibility index (Phi) is 2.90. The lowest BCUT2D eigenvalue weighted by Gasteiger charge is -2.05. The van der Waals surface area contributed by atoms with E-state index in [0.717, 1.165) is 16.6 Å². The van der Waals surface area contributed by atoms with Gasteiger partial charge in [0.05, 0.1) is 16.6 Å². The van der Waals surface area contributed by atoms with E-state index in [1.165, 1.54) is 12.1 Å². The van der Waals surface area contributed by atoms with Gasteiger partial charge >= 0.3 is 5.97 Å². The zero-order chi connectivity index (χ0) is 16.8. The monoisotopic (exact) mass is 317 g/mol. The molecule has 0 spiro atoms. The summed E-state index contributed by atoms with van der Waals surface area (Å²) < 4.78 is 7.39. The molecule has 4 aromatic rings. The van der Waals surface area contributed by atoms with Gasteiger partial charge in [-0.2, -0.15) is 5.26 Å². The van der Waals surface area contributed by atoms with Crippen LogP contribution in [0.1, 0.15) is 21.8 Å². The van der Waals surface area contributed by atoms with Crippen LogP contribution in [0.3, 0.4) is 0 Å². The molecule has 0 fully saturated rings. The van der Waals surface area contributed by atoms with E-state index in [4.69, 9.17) is 9.52 Å². The van der Waals surface area contributed by atoms with Crippen molar-refractivity contribution in [2.24, 2.45) is 0 Å². The van der Waals surface area contributed by atoms with Crippen LogP contribution in [0.5, 0.6) is 0 Å². The lowest BCUT2D eigenvalue weighted by molar-refractivity contribution is 0.0697. The summed E-state index contributed by atoms with van der Waals surface area (Å²) in [6.07, 6.45) is 1.73. The third-order valence-electron chi connectivity index (χ3n) is 3.95. The first-order valence-corrected chi connectivity index (χ1v) is 7.23. The summed E-state index contributed by atoms with van der Waals surface area (Å²) in [5.74, 6) is -0.434. The number of aromatic carboxylic acids is 1. The molecule has 116 valence electrons. The highest BCUT2D eigenvalue weighted by Gasteiger charge is 2.16. The lowest BCUT2D eigenvalue weighted by atomic mass is 10.1. The highest BCUT2D eigenvalue weighted by Crippen LogP contribution is 2.31. The highest BCUT2D eigenvalue weighted by molar-refractivity contribution is 6.06. The van der Waals surface area contributed by atoms with Crippen molar-refractivity contribution in [3.63, 3.8) is 0 Å². The fraction of sp³-hybridized carbons (Fsp3) is 0.0556. The zero-order valence-corrected chi connectivity index (χ0v) is 12.6. The maximum absolute atomic E-state index is 11.0. The van der Waals surface area contributed by atoms with Crippen molar-refractivity contribution in [2.75, 3.05) is 0 Å². The van der Waals surface area contributed by atoms with Gasteiger partial charge in [0.2, 0.25) is 0 Å². The van der Waals surface area contributed by atoms with Crippen LogP contribution in [-0.2, 0) is 0 Å². The maximum Gasteiger partial charge on any atom is 0.335 e. The van der Waals surface area contributed by atoms with Crippen molar-refractivity contribution in [1.82, 2.24) is 9.55 Å². The molecule has 6 nitrogen and oxygen atoms in total. The Morgan fingerprint density at radius 3 is 2.67 bits per heavy atom. The Bertz CT molecular complexity index is 1140. The van der Waals surface area contributed by atoms with Gasteiger partial charge < -0.3 is 14.1 Å². The standard InChI is InChI=1S/C18H11N3O3/c1-10-20-17-15(24-10)7-6-14-16(17)12(8-19)9-21(14)13-4-2-11(3-5-13)18(22)23/h2-7,9H,1H3,(H,22,23). The topological polar surface area (TPSA) is 92.0 Å². The molecular formula is C18H11N3O3. The van der Waals surface area contributed by atoms with Crippen molar-refractivity contribution < 1.29 is 14.3 Å². The molecular weight excluding hydrogens is 306 g/mol. The van der Waals surface area contributed by atoms with Gasteiger partial charge in [-0.05, 0) is 36.4 Å². The van der Waals surface area contributed by atoms with E-state index < -0.39 is 5.97 Å². The molecule has 2 heterocycles. The van der Waals surface area contributed by atoms with Gasteiger partial charge in [-0.3, -0.25) is 0 Å². The minimum absolute atomic E-state index is 0.213. The summed E-state index contributed by atoms with van der Waals surface area (Å²) in [6.45, 7) is 1.76. The van der Waals surface area contributed by atoms with Crippen LogP contribution < -0.4 is 0 Å². The molecule has 2 aromatic heterocycles. The summed E-state index contributed by atoms with van der Waals surface area (Å²) in [7, 11) is 0. The van der Waals surface area contributed by atoms with Crippen LogP contribution in [-0.4, -0.2) is 20.6 Å². The number of hydrogen-bond donors (Lipinski definition) is 1. The highest BCUT2D eigenvalue weighted by atomic mass is 16.4. The Morgan fingerprint density at radius 2 is 2.00 bits per heavy atom. The molecule has 0 amide bonds. The second-order valence-electron chi connectivity index (χ2n) is 5.42. The second kappa shape index (κ2) is 4.96. The summed E-state index contributed by atoms with van der Waals surface area (Å²) in [5, 5.41) is 19.2. The lowest BCUT2D eigenvalue weighted by Crippen LogP contribution is -1.97. The van der Waals surface area contributed by atoms with Crippen LogP contribution in [0.2, 0.25) is 0 Å². The predicted octanol–water partition coefficient (Wildman–Crippen LogP) is 3.65. The van der Waals surface area contributed by atoms with Gasteiger partial charge in [0, 0.05) is 24.2 Å². The first-order valence-electron chi connectivity index (χ1n) is 7.23. The first kappa shape index (κ1) is 14.0. The maximum atomic E-state index is 11.0. The molecule has 0 aliphatic rings. The minimum atomic E-state index is -0.976. The summed E-state index contributed by atoms with van der Waals surface area (Å²) in [5.41, 5.74) is 3.58. The van der Waals surface area contributed by atoms with Crippen molar-refractivity contribution in [2.45, 2.75) is 6.92 Å². The summed E-state index contributed by atoms with van der Waals surface area (Å²) in [6, 6.07) is 12.4. The SMILES string of the molecule is Cc1nc2c(ccc3c2c(C#N)cn3-c2ccc(C(=O)O)cc2)o1. The third kappa shape index (κ3) is 1.96. The van der Waals surface area contributed by atoms with Gasteiger partial charge in [-0.1, -0.05) is 0 Å². The Hall–Kier alpha value is -3.59. The fourth-order valence-electron chi connectivity index (χ4n) is 2.89. The largest absolute Gasteiger partial charge is 0.478 e. The van der Waals surface area contributed by atoms with Gasteiger partial charge in [0.25, 0.3) is 0 Å². The fourth-order valence-corrected chi connectivity index (χ4v) is 2.89. The van der Waals surface area contributed by atoms with Crippen molar-refractivity contribution in [1.29, 1.82) is 5.26 Å². The summed E-state index contributed by atoms with van der Waals surface area (Å²) >= 11 is 0. The number of fused-ring (bicyclic) bond motifs is 3. The molecule has 0 radical (unpaired) electrons. The van der Waals surface area contributed by atoms with Gasteiger partial charge in [0.15, 0.2) is 11.5 Å². The number of carbonyl (C=O) groups is 1. The number of carboxylic acids is 1. The van der Waals surface area contributed by atoms with E-state index in [2.05, 4.69) is 11.1 Å². The zero-order valence-electron chi connectivity index (χ0n) is 12.6. The molecule has 0 saturated carbocycles. The molecule has 0 unspecified atom stereocenters. The molecule has 0 saturated heterocycles. The molecule has 6 heteroatoms. The quantitative estimate of drug-likeness (QED) is 0.609. The number of carboxylic acid groups (broad SMARTS) is 1. The van der Waals surface area contributed by atoms with E-state index in [-0.39, 0.29) is 5.56 Å². The van der Waals surface area contributed by atoms with E-state index in [9.17, 15) is 10.1 Å². The van der Waals surface area contributed by atoms with Crippen molar-refractivity contribution in [3.8, 4) is 11.8 Å². The van der Waals surface area contributed by atoms with Crippen LogP contribution in [0.4, 0.5) is 0 Å². The first-order chi connectivity index (χ1) is 11.6. The van der Waals surface area contributed by atoms with E-state index in [1.54, 1.807) is 25.3 Å². The van der Waals surface area contributed by atoms with Gasteiger partial charge in [0.1, 0.15) is 11.6 Å². The minimum Gasteiger partial charge on any atom is -0.478 e. The molecule has 24 heavy (non-hydrogen) atoms. The van der Waals surface area contributed by atoms with E-state index >= 15 is 0 Å². The number of nitrogens with zero attached hydrogens (tertiary/aromatic N) is 3. The molecule has 0 bridgehead atoms. The molecule has 0 atom stereocenters. The van der Waals surface area contributed by atoms with Crippen molar-refractivity contribution >= 4 is 28.0 Å². The molecule has 1 N–H and O–H groups in total. The second-order valence-corrected chi connectivity index (χ2v) is 5.42. The number of benzene rings is 2. The van der Waals surface area contributed by atoms with Gasteiger partial charge in [-0.25, -0.2) is 9.78 Å².